The van der Waals surface area contributed by atoms with Gasteiger partial charge in [0.15, 0.2) is 0 Å². The first-order valence-electron chi connectivity index (χ1n) is 7.06. The average Bonchev–Trinajstić information content (AvgIpc) is 2.86. The number of rotatable bonds is 4. The van der Waals surface area contributed by atoms with E-state index in [1.165, 1.54) is 16.8 Å². The van der Waals surface area contributed by atoms with Gasteiger partial charge in [0, 0.05) is 6.54 Å². The molecule has 3 rings (SSSR count). The molecule has 3 heteroatoms. The van der Waals surface area contributed by atoms with Crippen molar-refractivity contribution in [3.05, 3.63) is 53.6 Å². The van der Waals surface area contributed by atoms with Crippen LogP contribution in [-0.2, 0) is 6.42 Å². The van der Waals surface area contributed by atoms with Gasteiger partial charge in [-0.2, -0.15) is 0 Å². The van der Waals surface area contributed by atoms with Crippen LogP contribution >= 0.6 is 0 Å². The van der Waals surface area contributed by atoms with Crippen molar-refractivity contribution in [1.29, 1.82) is 0 Å². The van der Waals surface area contributed by atoms with E-state index < -0.39 is 0 Å². The maximum Gasteiger partial charge on any atom is 0.122 e. The summed E-state index contributed by atoms with van der Waals surface area (Å²) in [6.45, 7) is 4.65. The van der Waals surface area contributed by atoms with E-state index in [1.807, 2.05) is 30.3 Å². The van der Waals surface area contributed by atoms with E-state index in [4.69, 9.17) is 10.5 Å². The van der Waals surface area contributed by atoms with Crippen molar-refractivity contribution in [3.63, 3.8) is 0 Å². The first-order valence-corrected chi connectivity index (χ1v) is 7.06. The van der Waals surface area contributed by atoms with Crippen molar-refractivity contribution >= 4 is 11.4 Å². The van der Waals surface area contributed by atoms with Gasteiger partial charge in [-0.15, -0.1) is 0 Å². The summed E-state index contributed by atoms with van der Waals surface area (Å²) in [6.07, 6.45) is 1.07. The van der Waals surface area contributed by atoms with Crippen LogP contribution in [0.1, 0.15) is 11.1 Å². The second-order valence-corrected chi connectivity index (χ2v) is 5.21. The second-order valence-electron chi connectivity index (χ2n) is 5.21. The standard InChI is InChI=1S/C17H20N2O/c1-13-5-2-3-8-16(13)20-12-11-19-10-9-14-6-4-7-15(18)17(14)19/h2-8H,9-12,18H2,1H3. The van der Waals surface area contributed by atoms with Crippen LogP contribution in [0.2, 0.25) is 0 Å². The number of nitrogen functional groups attached to an aromatic ring is 1. The zero-order valence-electron chi connectivity index (χ0n) is 11.8. The SMILES string of the molecule is Cc1ccccc1OCCN1CCc2cccc(N)c21. The fourth-order valence-electron chi connectivity index (χ4n) is 2.77. The monoisotopic (exact) mass is 268 g/mol. The third kappa shape index (κ3) is 2.44. The zero-order valence-corrected chi connectivity index (χ0v) is 11.8. The summed E-state index contributed by atoms with van der Waals surface area (Å²) in [7, 11) is 0. The predicted molar refractivity (Wildman–Crippen MR) is 83.4 cm³/mol. The number of aryl methyl sites for hydroxylation is 1. The number of hydrogen-bond donors (Lipinski definition) is 1. The van der Waals surface area contributed by atoms with Crippen LogP contribution in [0.5, 0.6) is 5.75 Å². The van der Waals surface area contributed by atoms with E-state index in [9.17, 15) is 0 Å². The van der Waals surface area contributed by atoms with Crippen molar-refractivity contribution < 1.29 is 4.74 Å². The van der Waals surface area contributed by atoms with Crippen LogP contribution in [0.25, 0.3) is 0 Å². The van der Waals surface area contributed by atoms with Crippen LogP contribution in [0.4, 0.5) is 11.4 Å². The molecule has 0 saturated heterocycles. The number of para-hydroxylation sites is 2. The van der Waals surface area contributed by atoms with Crippen molar-refractivity contribution in [2.75, 3.05) is 30.3 Å². The molecule has 0 aromatic heterocycles. The molecule has 0 atom stereocenters. The van der Waals surface area contributed by atoms with E-state index in [1.54, 1.807) is 0 Å². The normalized spacial score (nSPS) is 13.3. The van der Waals surface area contributed by atoms with Crippen molar-refractivity contribution in [2.24, 2.45) is 0 Å². The highest BCUT2D eigenvalue weighted by Crippen LogP contribution is 2.33. The molecule has 0 radical (unpaired) electrons. The Morgan fingerprint density at radius 2 is 2.00 bits per heavy atom. The summed E-state index contributed by atoms with van der Waals surface area (Å²) in [5.41, 5.74) is 10.7. The molecule has 104 valence electrons. The molecule has 0 amide bonds. The Morgan fingerprint density at radius 3 is 2.85 bits per heavy atom. The highest BCUT2D eigenvalue weighted by molar-refractivity contribution is 5.74. The van der Waals surface area contributed by atoms with Gasteiger partial charge in [0.05, 0.1) is 17.9 Å². The van der Waals surface area contributed by atoms with Gasteiger partial charge in [0.25, 0.3) is 0 Å². The van der Waals surface area contributed by atoms with Gasteiger partial charge in [0.1, 0.15) is 12.4 Å². The third-order valence-electron chi connectivity index (χ3n) is 3.83. The Balaban J connectivity index is 1.63. The molecule has 0 unspecified atom stereocenters. The number of anilines is 2. The Labute approximate surface area is 120 Å². The summed E-state index contributed by atoms with van der Waals surface area (Å²) in [4.78, 5) is 2.32. The van der Waals surface area contributed by atoms with Crippen LogP contribution in [0.3, 0.4) is 0 Å². The molecular formula is C17H20N2O. The van der Waals surface area contributed by atoms with E-state index in [0.717, 1.165) is 30.9 Å². The lowest BCUT2D eigenvalue weighted by Gasteiger charge is -2.21. The lowest BCUT2D eigenvalue weighted by Crippen LogP contribution is -2.27. The van der Waals surface area contributed by atoms with Crippen molar-refractivity contribution in [3.8, 4) is 5.75 Å². The van der Waals surface area contributed by atoms with Gasteiger partial charge in [-0.1, -0.05) is 30.3 Å². The van der Waals surface area contributed by atoms with Gasteiger partial charge in [-0.3, -0.25) is 0 Å². The Kier molecular flexibility index (Phi) is 3.50. The molecule has 2 N–H and O–H groups in total. The number of hydrogen-bond acceptors (Lipinski definition) is 3. The van der Waals surface area contributed by atoms with Gasteiger partial charge in [-0.25, -0.2) is 0 Å². The summed E-state index contributed by atoms with van der Waals surface area (Å²) in [5, 5.41) is 0. The molecule has 1 aliphatic rings. The second kappa shape index (κ2) is 5.45. The highest BCUT2D eigenvalue weighted by atomic mass is 16.5. The quantitative estimate of drug-likeness (QED) is 0.866. The molecule has 0 fully saturated rings. The molecule has 0 spiro atoms. The average molecular weight is 268 g/mol. The fourth-order valence-corrected chi connectivity index (χ4v) is 2.77. The maximum atomic E-state index is 6.09. The van der Waals surface area contributed by atoms with E-state index in [0.29, 0.717) is 6.61 Å². The summed E-state index contributed by atoms with van der Waals surface area (Å²) >= 11 is 0. The molecule has 1 aliphatic heterocycles. The molecule has 0 aliphatic carbocycles. The van der Waals surface area contributed by atoms with Gasteiger partial charge < -0.3 is 15.4 Å². The summed E-state index contributed by atoms with van der Waals surface area (Å²) in [6, 6.07) is 14.3. The van der Waals surface area contributed by atoms with Crippen LogP contribution in [-0.4, -0.2) is 19.7 Å². The highest BCUT2D eigenvalue weighted by Gasteiger charge is 2.20. The Hall–Kier alpha value is -2.16. The van der Waals surface area contributed by atoms with Crippen LogP contribution in [0, 0.1) is 6.92 Å². The van der Waals surface area contributed by atoms with Crippen molar-refractivity contribution in [1.82, 2.24) is 0 Å². The van der Waals surface area contributed by atoms with Crippen LogP contribution in [0.15, 0.2) is 42.5 Å². The molecule has 0 bridgehead atoms. The minimum Gasteiger partial charge on any atom is -0.491 e. The first-order chi connectivity index (χ1) is 9.75. The molecule has 1 heterocycles. The lowest BCUT2D eigenvalue weighted by atomic mass is 10.1. The topological polar surface area (TPSA) is 38.5 Å². The largest absolute Gasteiger partial charge is 0.491 e. The van der Waals surface area contributed by atoms with E-state index >= 15 is 0 Å². The van der Waals surface area contributed by atoms with E-state index in [2.05, 4.69) is 24.0 Å². The minimum absolute atomic E-state index is 0.679. The predicted octanol–water partition coefficient (Wildman–Crippen LogP) is 3.02. The van der Waals surface area contributed by atoms with E-state index in [-0.39, 0.29) is 0 Å². The van der Waals surface area contributed by atoms with Gasteiger partial charge >= 0.3 is 0 Å². The number of benzene rings is 2. The number of nitrogens with two attached hydrogens (primary N) is 1. The Bertz CT molecular complexity index is 610. The summed E-state index contributed by atoms with van der Waals surface area (Å²) in [5.74, 6) is 0.966. The number of nitrogens with zero attached hydrogens (tertiary/aromatic N) is 1. The van der Waals surface area contributed by atoms with Crippen LogP contribution < -0.4 is 15.4 Å². The molecule has 2 aromatic carbocycles. The zero-order chi connectivity index (χ0) is 13.9. The summed E-state index contributed by atoms with van der Waals surface area (Å²) < 4.78 is 5.87. The maximum absolute atomic E-state index is 6.09. The molecule has 20 heavy (non-hydrogen) atoms. The molecule has 3 nitrogen and oxygen atoms in total. The first kappa shape index (κ1) is 12.9. The Morgan fingerprint density at radius 1 is 1.15 bits per heavy atom. The molecule has 2 aromatic rings. The fraction of sp³-hybridized carbons (Fsp3) is 0.294. The van der Waals surface area contributed by atoms with Gasteiger partial charge in [-0.05, 0) is 36.6 Å². The van der Waals surface area contributed by atoms with Crippen molar-refractivity contribution in [2.45, 2.75) is 13.3 Å². The smallest absolute Gasteiger partial charge is 0.122 e. The van der Waals surface area contributed by atoms with Gasteiger partial charge in [0.2, 0.25) is 0 Å². The third-order valence-corrected chi connectivity index (χ3v) is 3.83. The molecular weight excluding hydrogens is 248 g/mol. The number of fused-ring (bicyclic) bond motifs is 1. The lowest BCUT2D eigenvalue weighted by molar-refractivity contribution is 0.322. The minimum atomic E-state index is 0.679. The number of ether oxygens (including phenoxy) is 1. The molecule has 0 saturated carbocycles.